The molecule has 1 aromatic heterocycles. The molecule has 0 aliphatic carbocycles. The summed E-state index contributed by atoms with van der Waals surface area (Å²) < 4.78 is 1.11. The van der Waals surface area contributed by atoms with Crippen LogP contribution < -0.4 is 10.6 Å². The molecular formula is C10H12BrN3S. The summed E-state index contributed by atoms with van der Waals surface area (Å²) in [5.74, 6) is 3.22. The molecule has 0 amide bonds. The van der Waals surface area contributed by atoms with Gasteiger partial charge in [-0.2, -0.15) is 0 Å². The molecule has 3 nitrogen and oxygen atoms in total. The van der Waals surface area contributed by atoms with Gasteiger partial charge in [-0.05, 0) is 22.0 Å². The standard InChI is InChI=1S/C10H12BrN3S/c1-3-4-13-10(12-2)14-6-9-5-8(11)7-15-9/h1,5,7H,4,6H2,2H3,(H2,12,13,14). The van der Waals surface area contributed by atoms with E-state index in [2.05, 4.69) is 48.9 Å². The van der Waals surface area contributed by atoms with Crippen LogP contribution in [-0.4, -0.2) is 19.6 Å². The van der Waals surface area contributed by atoms with E-state index in [0.29, 0.717) is 6.54 Å². The van der Waals surface area contributed by atoms with Gasteiger partial charge in [0.1, 0.15) is 0 Å². The molecule has 0 saturated heterocycles. The zero-order valence-electron chi connectivity index (χ0n) is 8.38. The minimum Gasteiger partial charge on any atom is -0.352 e. The van der Waals surface area contributed by atoms with Crippen molar-refractivity contribution >= 4 is 33.2 Å². The van der Waals surface area contributed by atoms with Crippen LogP contribution in [0.15, 0.2) is 20.9 Å². The number of rotatable bonds is 3. The van der Waals surface area contributed by atoms with Gasteiger partial charge in [0.15, 0.2) is 5.96 Å². The van der Waals surface area contributed by atoms with E-state index in [9.17, 15) is 0 Å². The lowest BCUT2D eigenvalue weighted by atomic mass is 10.4. The number of halogens is 1. The Morgan fingerprint density at radius 2 is 2.47 bits per heavy atom. The highest BCUT2D eigenvalue weighted by Gasteiger charge is 1.99. The summed E-state index contributed by atoms with van der Waals surface area (Å²) in [4.78, 5) is 5.28. The van der Waals surface area contributed by atoms with Crippen LogP contribution in [0, 0.1) is 12.3 Å². The van der Waals surface area contributed by atoms with Gasteiger partial charge in [0.25, 0.3) is 0 Å². The zero-order valence-corrected chi connectivity index (χ0v) is 10.8. The molecule has 1 rings (SSSR count). The number of terminal acetylenes is 1. The molecule has 0 unspecified atom stereocenters. The van der Waals surface area contributed by atoms with E-state index < -0.39 is 0 Å². The maximum absolute atomic E-state index is 5.14. The van der Waals surface area contributed by atoms with Gasteiger partial charge in [-0.15, -0.1) is 17.8 Å². The fraction of sp³-hybridized carbons (Fsp3) is 0.300. The Morgan fingerprint density at radius 3 is 3.00 bits per heavy atom. The first-order valence-electron chi connectivity index (χ1n) is 4.37. The van der Waals surface area contributed by atoms with Crippen molar-refractivity contribution in [3.63, 3.8) is 0 Å². The Morgan fingerprint density at radius 1 is 1.67 bits per heavy atom. The van der Waals surface area contributed by atoms with Gasteiger partial charge in [-0.1, -0.05) is 5.92 Å². The first-order chi connectivity index (χ1) is 7.26. The molecule has 0 bridgehead atoms. The van der Waals surface area contributed by atoms with Gasteiger partial charge in [-0.3, -0.25) is 4.99 Å². The number of hydrogen-bond donors (Lipinski definition) is 2. The minimum atomic E-state index is 0.480. The van der Waals surface area contributed by atoms with Crippen molar-refractivity contribution in [2.24, 2.45) is 4.99 Å². The molecule has 0 aromatic carbocycles. The first-order valence-corrected chi connectivity index (χ1v) is 6.04. The van der Waals surface area contributed by atoms with Crippen molar-refractivity contribution < 1.29 is 0 Å². The number of nitrogens with zero attached hydrogens (tertiary/aromatic N) is 1. The summed E-state index contributed by atoms with van der Waals surface area (Å²) in [6.07, 6.45) is 5.14. The molecule has 0 radical (unpaired) electrons. The molecule has 0 atom stereocenters. The molecule has 0 saturated carbocycles. The largest absolute Gasteiger partial charge is 0.352 e. The van der Waals surface area contributed by atoms with E-state index in [-0.39, 0.29) is 0 Å². The number of guanidine groups is 1. The van der Waals surface area contributed by atoms with E-state index in [1.807, 2.05) is 0 Å². The normalized spacial score (nSPS) is 10.9. The van der Waals surface area contributed by atoms with Crippen molar-refractivity contribution in [1.29, 1.82) is 0 Å². The third-order valence-corrected chi connectivity index (χ3v) is 3.33. The molecule has 1 aromatic rings. The summed E-state index contributed by atoms with van der Waals surface area (Å²) >= 11 is 5.10. The fourth-order valence-electron chi connectivity index (χ4n) is 0.973. The van der Waals surface area contributed by atoms with E-state index in [4.69, 9.17) is 6.42 Å². The summed E-state index contributed by atoms with van der Waals surface area (Å²) in [5.41, 5.74) is 0. The lowest BCUT2D eigenvalue weighted by Crippen LogP contribution is -2.36. The van der Waals surface area contributed by atoms with Crippen LogP contribution in [-0.2, 0) is 6.54 Å². The SMILES string of the molecule is C#CCNC(=NC)NCc1cc(Br)cs1. The Balaban J connectivity index is 2.38. The van der Waals surface area contributed by atoms with Crippen molar-refractivity contribution in [1.82, 2.24) is 10.6 Å². The van der Waals surface area contributed by atoms with E-state index >= 15 is 0 Å². The second kappa shape index (κ2) is 6.49. The van der Waals surface area contributed by atoms with Crippen molar-refractivity contribution in [3.8, 4) is 12.3 Å². The van der Waals surface area contributed by atoms with Crippen LogP contribution in [0.25, 0.3) is 0 Å². The Hall–Kier alpha value is -0.990. The molecule has 1 heterocycles. The van der Waals surface area contributed by atoms with Gasteiger partial charge in [0, 0.05) is 21.8 Å². The molecule has 15 heavy (non-hydrogen) atoms. The van der Waals surface area contributed by atoms with Crippen LogP contribution >= 0.6 is 27.3 Å². The van der Waals surface area contributed by atoms with Gasteiger partial charge in [0.2, 0.25) is 0 Å². The maximum atomic E-state index is 5.14. The minimum absolute atomic E-state index is 0.480. The molecule has 0 aliphatic rings. The molecule has 0 fully saturated rings. The van der Waals surface area contributed by atoms with Crippen LogP contribution in [0.1, 0.15) is 4.88 Å². The second-order valence-electron chi connectivity index (χ2n) is 2.71. The summed E-state index contributed by atoms with van der Waals surface area (Å²) in [7, 11) is 1.72. The van der Waals surface area contributed by atoms with Crippen molar-refractivity contribution in [3.05, 3.63) is 20.8 Å². The lowest BCUT2D eigenvalue weighted by molar-refractivity contribution is 0.862. The summed E-state index contributed by atoms with van der Waals surface area (Å²) in [6, 6.07) is 2.08. The number of aliphatic imine (C=N–C) groups is 1. The van der Waals surface area contributed by atoms with Gasteiger partial charge >= 0.3 is 0 Å². The van der Waals surface area contributed by atoms with Crippen LogP contribution in [0.5, 0.6) is 0 Å². The fourth-order valence-corrected chi connectivity index (χ4v) is 2.36. The second-order valence-corrected chi connectivity index (χ2v) is 4.63. The highest BCUT2D eigenvalue weighted by Crippen LogP contribution is 2.19. The predicted molar refractivity (Wildman–Crippen MR) is 69.1 cm³/mol. The van der Waals surface area contributed by atoms with Crippen molar-refractivity contribution in [2.75, 3.05) is 13.6 Å². The van der Waals surface area contributed by atoms with Crippen LogP contribution in [0.4, 0.5) is 0 Å². The predicted octanol–water partition coefficient (Wildman–Crippen LogP) is 1.81. The third kappa shape index (κ3) is 4.36. The van der Waals surface area contributed by atoms with E-state index in [0.717, 1.165) is 17.0 Å². The quantitative estimate of drug-likeness (QED) is 0.505. The molecule has 80 valence electrons. The average molecular weight is 286 g/mol. The highest BCUT2D eigenvalue weighted by molar-refractivity contribution is 9.10. The zero-order chi connectivity index (χ0) is 11.1. The number of thiophene rings is 1. The molecule has 2 N–H and O–H groups in total. The molecule has 0 aliphatic heterocycles. The topological polar surface area (TPSA) is 36.4 Å². The first kappa shape index (κ1) is 12.1. The third-order valence-electron chi connectivity index (χ3n) is 1.63. The Labute approximate surface area is 102 Å². The van der Waals surface area contributed by atoms with Crippen LogP contribution in [0.2, 0.25) is 0 Å². The van der Waals surface area contributed by atoms with Crippen LogP contribution in [0.3, 0.4) is 0 Å². The number of hydrogen-bond acceptors (Lipinski definition) is 2. The molecule has 0 spiro atoms. The molecular weight excluding hydrogens is 274 g/mol. The summed E-state index contributed by atoms with van der Waals surface area (Å²) in [6.45, 7) is 1.23. The van der Waals surface area contributed by atoms with Crippen molar-refractivity contribution in [2.45, 2.75) is 6.54 Å². The lowest BCUT2D eigenvalue weighted by Gasteiger charge is -2.08. The summed E-state index contributed by atoms with van der Waals surface area (Å²) in [5, 5.41) is 8.21. The molecule has 5 heteroatoms. The van der Waals surface area contributed by atoms with Gasteiger partial charge < -0.3 is 10.6 Å². The average Bonchev–Trinajstić information content (AvgIpc) is 2.65. The number of nitrogens with one attached hydrogen (secondary N) is 2. The Bertz CT molecular complexity index is 378. The maximum Gasteiger partial charge on any atom is 0.192 e. The highest BCUT2D eigenvalue weighted by atomic mass is 79.9. The van der Waals surface area contributed by atoms with E-state index in [1.165, 1.54) is 4.88 Å². The smallest absolute Gasteiger partial charge is 0.192 e. The Kier molecular flexibility index (Phi) is 5.22. The monoisotopic (exact) mass is 285 g/mol. The van der Waals surface area contributed by atoms with E-state index in [1.54, 1.807) is 18.4 Å². The van der Waals surface area contributed by atoms with Gasteiger partial charge in [0.05, 0.1) is 13.1 Å². The van der Waals surface area contributed by atoms with Gasteiger partial charge in [-0.25, -0.2) is 0 Å².